The van der Waals surface area contributed by atoms with Gasteiger partial charge in [0.25, 0.3) is 11.8 Å². The van der Waals surface area contributed by atoms with Crippen molar-refractivity contribution in [2.75, 3.05) is 11.9 Å². The number of fused-ring (bicyclic) bond motifs is 1. The topological polar surface area (TPSA) is 91.2 Å². The molecule has 6 nitrogen and oxygen atoms in total. The maximum atomic E-state index is 12.1. The van der Waals surface area contributed by atoms with Crippen LogP contribution in [0.2, 0.25) is 0 Å². The summed E-state index contributed by atoms with van der Waals surface area (Å²) in [5.41, 5.74) is 2.30. The minimum absolute atomic E-state index is 0.0122. The van der Waals surface area contributed by atoms with Crippen molar-refractivity contribution in [1.29, 1.82) is 5.26 Å². The lowest BCUT2D eigenvalue weighted by Gasteiger charge is -2.18. The van der Waals surface area contributed by atoms with Crippen molar-refractivity contribution in [3.63, 3.8) is 0 Å². The minimum Gasteiger partial charge on any atom is -0.482 e. The van der Waals surface area contributed by atoms with Crippen LogP contribution in [-0.2, 0) is 11.3 Å². The summed E-state index contributed by atoms with van der Waals surface area (Å²) in [7, 11) is 0. The van der Waals surface area contributed by atoms with Crippen LogP contribution in [0.3, 0.4) is 0 Å². The second-order valence-electron chi connectivity index (χ2n) is 5.04. The Morgan fingerprint density at radius 2 is 2.17 bits per heavy atom. The summed E-state index contributed by atoms with van der Waals surface area (Å²) in [6.07, 6.45) is 0. The van der Waals surface area contributed by atoms with Crippen LogP contribution in [0, 0.1) is 11.3 Å². The van der Waals surface area contributed by atoms with Crippen LogP contribution in [0.5, 0.6) is 5.75 Å². The quantitative estimate of drug-likeness (QED) is 0.905. The highest BCUT2D eigenvalue weighted by Gasteiger charge is 2.16. The first-order chi connectivity index (χ1) is 11.2. The maximum Gasteiger partial charge on any atom is 0.262 e. The van der Waals surface area contributed by atoms with Gasteiger partial charge in [-0.05, 0) is 35.9 Å². The first kappa shape index (κ1) is 14.6. The van der Waals surface area contributed by atoms with Crippen molar-refractivity contribution >= 4 is 17.5 Å². The molecule has 1 aliphatic rings. The number of ether oxygens (including phenoxy) is 1. The molecule has 0 aliphatic carbocycles. The van der Waals surface area contributed by atoms with E-state index in [2.05, 4.69) is 10.6 Å². The Morgan fingerprint density at radius 1 is 1.30 bits per heavy atom. The zero-order chi connectivity index (χ0) is 16.2. The number of nitrogens with zero attached hydrogens (tertiary/aromatic N) is 1. The van der Waals surface area contributed by atoms with Gasteiger partial charge in [0.1, 0.15) is 5.75 Å². The van der Waals surface area contributed by atoms with Crippen molar-refractivity contribution in [1.82, 2.24) is 5.32 Å². The van der Waals surface area contributed by atoms with Gasteiger partial charge in [-0.25, -0.2) is 0 Å². The SMILES string of the molecule is N#Cc1cccc(C(=O)NCc2ccc3c(c2)NC(=O)CO3)c1. The van der Waals surface area contributed by atoms with Gasteiger partial charge in [0.15, 0.2) is 6.61 Å². The maximum absolute atomic E-state index is 12.1. The van der Waals surface area contributed by atoms with E-state index in [9.17, 15) is 9.59 Å². The summed E-state index contributed by atoms with van der Waals surface area (Å²) in [6.45, 7) is 0.317. The highest BCUT2D eigenvalue weighted by Crippen LogP contribution is 2.28. The standard InChI is InChI=1S/C17H13N3O3/c18-8-11-2-1-3-13(6-11)17(22)19-9-12-4-5-15-14(7-12)20-16(21)10-23-15/h1-7H,9-10H2,(H,19,22)(H,20,21). The predicted molar refractivity (Wildman–Crippen MR) is 82.9 cm³/mol. The monoisotopic (exact) mass is 307 g/mol. The Balaban J connectivity index is 1.68. The van der Waals surface area contributed by atoms with Gasteiger partial charge in [0, 0.05) is 12.1 Å². The van der Waals surface area contributed by atoms with Crippen LogP contribution < -0.4 is 15.4 Å². The molecule has 2 N–H and O–H groups in total. The fourth-order valence-corrected chi connectivity index (χ4v) is 2.25. The number of nitriles is 1. The van der Waals surface area contributed by atoms with Crippen LogP contribution in [0.15, 0.2) is 42.5 Å². The summed E-state index contributed by atoms with van der Waals surface area (Å²) in [6, 6.07) is 13.8. The van der Waals surface area contributed by atoms with E-state index in [1.165, 1.54) is 6.07 Å². The molecule has 114 valence electrons. The molecule has 0 radical (unpaired) electrons. The van der Waals surface area contributed by atoms with E-state index < -0.39 is 0 Å². The number of hydrogen-bond donors (Lipinski definition) is 2. The molecule has 0 saturated carbocycles. The number of benzene rings is 2. The zero-order valence-corrected chi connectivity index (χ0v) is 12.1. The van der Waals surface area contributed by atoms with E-state index in [-0.39, 0.29) is 18.4 Å². The van der Waals surface area contributed by atoms with E-state index in [0.717, 1.165) is 5.56 Å². The van der Waals surface area contributed by atoms with E-state index in [1.807, 2.05) is 12.1 Å². The Bertz CT molecular complexity index is 824. The molecular weight excluding hydrogens is 294 g/mol. The number of anilines is 1. The number of carbonyl (C=O) groups excluding carboxylic acids is 2. The Morgan fingerprint density at radius 3 is 3.00 bits per heavy atom. The van der Waals surface area contributed by atoms with E-state index in [0.29, 0.717) is 29.1 Å². The Kier molecular flexibility index (Phi) is 3.93. The van der Waals surface area contributed by atoms with E-state index >= 15 is 0 Å². The largest absolute Gasteiger partial charge is 0.482 e. The molecular formula is C17H13N3O3. The van der Waals surface area contributed by atoms with Crippen LogP contribution in [0.25, 0.3) is 0 Å². The van der Waals surface area contributed by atoms with Crippen molar-refractivity contribution in [3.05, 3.63) is 59.2 Å². The summed E-state index contributed by atoms with van der Waals surface area (Å²) >= 11 is 0. The molecule has 3 rings (SSSR count). The van der Waals surface area contributed by atoms with Crippen LogP contribution in [0.4, 0.5) is 5.69 Å². The van der Waals surface area contributed by atoms with Crippen molar-refractivity contribution in [2.24, 2.45) is 0 Å². The average Bonchev–Trinajstić information content (AvgIpc) is 2.59. The van der Waals surface area contributed by atoms with Crippen LogP contribution in [-0.4, -0.2) is 18.4 Å². The molecule has 0 fully saturated rings. The molecule has 2 aromatic carbocycles. The minimum atomic E-state index is -0.264. The molecule has 1 heterocycles. The van der Waals surface area contributed by atoms with Gasteiger partial charge < -0.3 is 15.4 Å². The van der Waals surface area contributed by atoms with E-state index in [1.54, 1.807) is 30.3 Å². The third-order valence-corrected chi connectivity index (χ3v) is 3.38. The van der Waals surface area contributed by atoms with Gasteiger partial charge in [0.2, 0.25) is 0 Å². The lowest BCUT2D eigenvalue weighted by molar-refractivity contribution is -0.118. The highest BCUT2D eigenvalue weighted by molar-refractivity contribution is 5.96. The summed E-state index contributed by atoms with van der Waals surface area (Å²) in [5.74, 6) is 0.147. The second kappa shape index (κ2) is 6.20. The number of hydrogen-bond acceptors (Lipinski definition) is 4. The number of nitrogens with one attached hydrogen (secondary N) is 2. The molecule has 6 heteroatoms. The number of carbonyl (C=O) groups is 2. The molecule has 0 saturated heterocycles. The van der Waals surface area contributed by atoms with E-state index in [4.69, 9.17) is 10.00 Å². The molecule has 0 unspecified atom stereocenters. The Labute approximate surface area is 132 Å². The number of amides is 2. The molecule has 2 aromatic rings. The van der Waals surface area contributed by atoms with Gasteiger partial charge in [-0.1, -0.05) is 12.1 Å². The van der Waals surface area contributed by atoms with Crippen molar-refractivity contribution < 1.29 is 14.3 Å². The third-order valence-electron chi connectivity index (χ3n) is 3.38. The average molecular weight is 307 g/mol. The molecule has 0 spiro atoms. The summed E-state index contributed by atoms with van der Waals surface area (Å²) < 4.78 is 5.28. The summed E-state index contributed by atoms with van der Waals surface area (Å²) in [5, 5.41) is 14.4. The number of rotatable bonds is 3. The first-order valence-electron chi connectivity index (χ1n) is 6.99. The van der Waals surface area contributed by atoms with Gasteiger partial charge in [-0.15, -0.1) is 0 Å². The summed E-state index contributed by atoms with van der Waals surface area (Å²) in [4.78, 5) is 23.4. The van der Waals surface area contributed by atoms with Crippen molar-refractivity contribution in [3.8, 4) is 11.8 Å². The molecule has 0 aromatic heterocycles. The van der Waals surface area contributed by atoms with Crippen LogP contribution >= 0.6 is 0 Å². The lowest BCUT2D eigenvalue weighted by Crippen LogP contribution is -2.26. The highest BCUT2D eigenvalue weighted by atomic mass is 16.5. The lowest BCUT2D eigenvalue weighted by atomic mass is 10.1. The Hall–Kier alpha value is -3.33. The van der Waals surface area contributed by atoms with Crippen LogP contribution in [0.1, 0.15) is 21.5 Å². The zero-order valence-electron chi connectivity index (χ0n) is 12.1. The fourth-order valence-electron chi connectivity index (χ4n) is 2.25. The first-order valence-corrected chi connectivity index (χ1v) is 6.99. The van der Waals surface area contributed by atoms with Gasteiger partial charge >= 0.3 is 0 Å². The van der Waals surface area contributed by atoms with Crippen molar-refractivity contribution in [2.45, 2.75) is 6.54 Å². The normalized spacial score (nSPS) is 12.4. The van der Waals surface area contributed by atoms with Gasteiger partial charge in [-0.3, -0.25) is 9.59 Å². The van der Waals surface area contributed by atoms with Gasteiger partial charge in [0.05, 0.1) is 17.3 Å². The molecule has 0 atom stereocenters. The second-order valence-corrected chi connectivity index (χ2v) is 5.04. The molecule has 23 heavy (non-hydrogen) atoms. The molecule has 1 aliphatic heterocycles. The molecule has 0 bridgehead atoms. The third kappa shape index (κ3) is 3.30. The van der Waals surface area contributed by atoms with Gasteiger partial charge in [-0.2, -0.15) is 5.26 Å². The molecule has 2 amide bonds. The smallest absolute Gasteiger partial charge is 0.262 e. The fraction of sp³-hybridized carbons (Fsp3) is 0.118. The predicted octanol–water partition coefficient (Wildman–Crippen LogP) is 1.82.